The number of nitrogens with one attached hydrogen (secondary N) is 1. The molecule has 2 nitrogen and oxygen atoms in total. The largest absolute Gasteiger partial charge is 0.394 e. The van der Waals surface area contributed by atoms with Crippen LogP contribution in [0.5, 0.6) is 0 Å². The van der Waals surface area contributed by atoms with Crippen molar-refractivity contribution < 1.29 is 5.11 Å². The van der Waals surface area contributed by atoms with Gasteiger partial charge in [0.05, 0.1) is 6.61 Å². The summed E-state index contributed by atoms with van der Waals surface area (Å²) >= 11 is 0. The smallest absolute Gasteiger partial charge is 0.0615 e. The van der Waals surface area contributed by atoms with Crippen molar-refractivity contribution in [1.82, 2.24) is 5.32 Å². The molecule has 2 N–H and O–H groups in total. The van der Waals surface area contributed by atoms with Gasteiger partial charge in [-0.05, 0) is 31.2 Å². The maximum atomic E-state index is 9.56. The van der Waals surface area contributed by atoms with E-state index >= 15 is 0 Å². The van der Waals surface area contributed by atoms with E-state index in [9.17, 15) is 5.11 Å². The normalized spacial score (nSPS) is 33.6. The van der Waals surface area contributed by atoms with Gasteiger partial charge in [0.1, 0.15) is 0 Å². The van der Waals surface area contributed by atoms with E-state index in [2.05, 4.69) is 26.1 Å². The van der Waals surface area contributed by atoms with Gasteiger partial charge in [-0.1, -0.05) is 33.6 Å². The van der Waals surface area contributed by atoms with Crippen LogP contribution >= 0.6 is 0 Å². The second kappa shape index (κ2) is 5.13. The second-order valence-corrected chi connectivity index (χ2v) is 5.24. The molecular formula is C12H25NO. The van der Waals surface area contributed by atoms with Gasteiger partial charge in [0.25, 0.3) is 0 Å². The summed E-state index contributed by atoms with van der Waals surface area (Å²) in [4.78, 5) is 0. The Balaban J connectivity index is 2.54. The fourth-order valence-electron chi connectivity index (χ4n) is 2.37. The molecule has 0 aromatic rings. The van der Waals surface area contributed by atoms with Gasteiger partial charge in [0.2, 0.25) is 0 Å². The monoisotopic (exact) mass is 199 g/mol. The number of rotatable bonds is 4. The van der Waals surface area contributed by atoms with Crippen LogP contribution in [0.4, 0.5) is 0 Å². The molecule has 1 aliphatic rings. The summed E-state index contributed by atoms with van der Waals surface area (Å²) in [7, 11) is 0. The zero-order valence-corrected chi connectivity index (χ0v) is 9.84. The first-order valence-corrected chi connectivity index (χ1v) is 5.96. The Morgan fingerprint density at radius 2 is 2.14 bits per heavy atom. The van der Waals surface area contributed by atoms with Gasteiger partial charge in [-0.3, -0.25) is 0 Å². The Morgan fingerprint density at radius 1 is 1.43 bits per heavy atom. The molecular weight excluding hydrogens is 174 g/mol. The van der Waals surface area contributed by atoms with Crippen LogP contribution in [0.2, 0.25) is 0 Å². The number of hydrogen-bond donors (Lipinski definition) is 2. The molecule has 0 radical (unpaired) electrons. The van der Waals surface area contributed by atoms with Gasteiger partial charge in [0, 0.05) is 5.54 Å². The number of aliphatic hydroxyl groups is 1. The first-order valence-electron chi connectivity index (χ1n) is 5.96. The molecule has 1 aliphatic carbocycles. The van der Waals surface area contributed by atoms with Crippen molar-refractivity contribution in [3.8, 4) is 0 Å². The topological polar surface area (TPSA) is 32.3 Å². The molecule has 84 valence electrons. The highest BCUT2D eigenvalue weighted by Crippen LogP contribution is 2.33. The second-order valence-electron chi connectivity index (χ2n) is 5.24. The molecule has 0 aromatic carbocycles. The van der Waals surface area contributed by atoms with E-state index in [1.165, 1.54) is 19.3 Å². The van der Waals surface area contributed by atoms with E-state index in [1.54, 1.807) is 0 Å². The van der Waals surface area contributed by atoms with Crippen molar-refractivity contribution in [1.29, 1.82) is 0 Å². The van der Waals surface area contributed by atoms with Crippen molar-refractivity contribution >= 4 is 0 Å². The molecule has 0 aliphatic heterocycles. The molecule has 0 bridgehead atoms. The predicted molar refractivity (Wildman–Crippen MR) is 60.3 cm³/mol. The lowest BCUT2D eigenvalue weighted by Crippen LogP contribution is -2.55. The first-order chi connectivity index (χ1) is 6.60. The van der Waals surface area contributed by atoms with Crippen LogP contribution in [-0.2, 0) is 0 Å². The third kappa shape index (κ3) is 2.71. The Bertz CT molecular complexity index is 170. The summed E-state index contributed by atoms with van der Waals surface area (Å²) < 4.78 is 0. The Hall–Kier alpha value is -0.0800. The third-order valence-corrected chi connectivity index (χ3v) is 3.60. The molecule has 14 heavy (non-hydrogen) atoms. The molecule has 1 rings (SSSR count). The lowest BCUT2D eigenvalue weighted by molar-refractivity contribution is 0.0720. The Kier molecular flexibility index (Phi) is 4.39. The minimum atomic E-state index is 0.0164. The van der Waals surface area contributed by atoms with Crippen LogP contribution < -0.4 is 5.32 Å². The van der Waals surface area contributed by atoms with Crippen molar-refractivity contribution in [3.05, 3.63) is 0 Å². The van der Waals surface area contributed by atoms with Crippen molar-refractivity contribution in [2.45, 2.75) is 52.0 Å². The molecule has 0 aromatic heterocycles. The van der Waals surface area contributed by atoms with Crippen LogP contribution in [0.3, 0.4) is 0 Å². The fourth-order valence-corrected chi connectivity index (χ4v) is 2.37. The highest BCUT2D eigenvalue weighted by atomic mass is 16.3. The van der Waals surface area contributed by atoms with Gasteiger partial charge >= 0.3 is 0 Å². The SMILES string of the molecule is CC(C)CNC1(CO)CCCCC1C. The minimum absolute atomic E-state index is 0.0164. The molecule has 1 saturated carbocycles. The molecule has 2 unspecified atom stereocenters. The quantitative estimate of drug-likeness (QED) is 0.727. The molecule has 0 saturated heterocycles. The van der Waals surface area contributed by atoms with Gasteiger partial charge < -0.3 is 10.4 Å². The van der Waals surface area contributed by atoms with Gasteiger partial charge in [-0.25, -0.2) is 0 Å². The minimum Gasteiger partial charge on any atom is -0.394 e. The van der Waals surface area contributed by atoms with E-state index in [0.29, 0.717) is 18.4 Å². The van der Waals surface area contributed by atoms with Crippen LogP contribution in [0.1, 0.15) is 46.5 Å². The lowest BCUT2D eigenvalue weighted by atomic mass is 9.74. The predicted octanol–water partition coefficient (Wildman–Crippen LogP) is 2.17. The molecule has 0 amide bonds. The molecule has 1 fully saturated rings. The van der Waals surface area contributed by atoms with Gasteiger partial charge in [-0.15, -0.1) is 0 Å². The summed E-state index contributed by atoms with van der Waals surface area (Å²) in [6.07, 6.45) is 4.98. The van der Waals surface area contributed by atoms with E-state index in [0.717, 1.165) is 13.0 Å². The average molecular weight is 199 g/mol. The zero-order chi connectivity index (χ0) is 10.6. The van der Waals surface area contributed by atoms with Crippen LogP contribution in [0, 0.1) is 11.8 Å². The molecule has 2 heteroatoms. The summed E-state index contributed by atoms with van der Waals surface area (Å²) in [5, 5.41) is 13.1. The molecule has 2 atom stereocenters. The third-order valence-electron chi connectivity index (χ3n) is 3.60. The lowest BCUT2D eigenvalue weighted by Gasteiger charge is -2.42. The van der Waals surface area contributed by atoms with Crippen LogP contribution in [0.25, 0.3) is 0 Å². The van der Waals surface area contributed by atoms with E-state index in [-0.39, 0.29) is 5.54 Å². The highest BCUT2D eigenvalue weighted by molar-refractivity contribution is 4.95. The summed E-state index contributed by atoms with van der Waals surface area (Å²) in [6.45, 7) is 8.01. The zero-order valence-electron chi connectivity index (χ0n) is 9.84. The Morgan fingerprint density at radius 3 is 2.64 bits per heavy atom. The maximum Gasteiger partial charge on any atom is 0.0615 e. The first kappa shape index (κ1) is 12.0. The van der Waals surface area contributed by atoms with E-state index in [4.69, 9.17) is 0 Å². The molecule has 0 heterocycles. The fraction of sp³-hybridized carbons (Fsp3) is 1.00. The molecule has 0 spiro atoms. The van der Waals surface area contributed by atoms with Crippen molar-refractivity contribution in [3.63, 3.8) is 0 Å². The van der Waals surface area contributed by atoms with Crippen LogP contribution in [0.15, 0.2) is 0 Å². The standard InChI is InChI=1S/C12H25NO/c1-10(2)8-13-12(9-14)7-5-4-6-11(12)3/h10-11,13-14H,4-9H2,1-3H3. The van der Waals surface area contributed by atoms with E-state index in [1.807, 2.05) is 0 Å². The van der Waals surface area contributed by atoms with Crippen molar-refractivity contribution in [2.75, 3.05) is 13.2 Å². The maximum absolute atomic E-state index is 9.56. The van der Waals surface area contributed by atoms with Crippen LogP contribution in [-0.4, -0.2) is 23.8 Å². The van der Waals surface area contributed by atoms with E-state index < -0.39 is 0 Å². The summed E-state index contributed by atoms with van der Waals surface area (Å²) in [6, 6.07) is 0. The summed E-state index contributed by atoms with van der Waals surface area (Å²) in [5.41, 5.74) is 0.0164. The van der Waals surface area contributed by atoms with Gasteiger partial charge in [0.15, 0.2) is 0 Å². The average Bonchev–Trinajstić information content (AvgIpc) is 2.17. The Labute approximate surface area is 88.1 Å². The van der Waals surface area contributed by atoms with Crippen molar-refractivity contribution in [2.24, 2.45) is 11.8 Å². The number of hydrogen-bond acceptors (Lipinski definition) is 2. The number of aliphatic hydroxyl groups excluding tert-OH is 1. The summed E-state index contributed by atoms with van der Waals surface area (Å²) in [5.74, 6) is 1.27. The van der Waals surface area contributed by atoms with Gasteiger partial charge in [-0.2, -0.15) is 0 Å². The highest BCUT2D eigenvalue weighted by Gasteiger charge is 2.36.